The number of nitriles is 1. The number of amides is 1. The summed E-state index contributed by atoms with van der Waals surface area (Å²) in [4.78, 5) is 12.7. The van der Waals surface area contributed by atoms with Crippen LogP contribution in [0.1, 0.15) is 19.8 Å². The molecule has 2 N–H and O–H groups in total. The summed E-state index contributed by atoms with van der Waals surface area (Å²) < 4.78 is 0. The number of benzene rings is 1. The van der Waals surface area contributed by atoms with Crippen molar-refractivity contribution in [2.45, 2.75) is 30.2 Å². The Morgan fingerprint density at radius 3 is 2.95 bits per heavy atom. The van der Waals surface area contributed by atoms with E-state index in [0.717, 1.165) is 17.7 Å². The average Bonchev–Trinajstić information content (AvgIpc) is 3.21. The Morgan fingerprint density at radius 1 is 1.63 bits per heavy atom. The molecule has 1 fully saturated rings. The summed E-state index contributed by atoms with van der Waals surface area (Å²) in [7, 11) is 0. The van der Waals surface area contributed by atoms with Crippen molar-refractivity contribution in [1.82, 2.24) is 5.32 Å². The number of nitrogens with one attached hydrogen (secondary N) is 1. The predicted octanol–water partition coefficient (Wildman–Crippen LogP) is 2.29. The van der Waals surface area contributed by atoms with Crippen LogP contribution in [-0.4, -0.2) is 22.3 Å². The van der Waals surface area contributed by atoms with Gasteiger partial charge in [-0.25, -0.2) is 0 Å². The van der Waals surface area contributed by atoms with Crippen LogP contribution >= 0.6 is 11.8 Å². The number of phenols is 1. The van der Waals surface area contributed by atoms with E-state index in [2.05, 4.69) is 11.4 Å². The van der Waals surface area contributed by atoms with Gasteiger partial charge in [-0.2, -0.15) is 5.26 Å². The van der Waals surface area contributed by atoms with Crippen molar-refractivity contribution in [3.05, 3.63) is 24.3 Å². The molecule has 0 aromatic heterocycles. The van der Waals surface area contributed by atoms with Gasteiger partial charge in [0.05, 0.1) is 11.8 Å². The fourth-order valence-corrected chi connectivity index (χ4v) is 2.68. The minimum atomic E-state index is -0.740. The molecule has 1 atom stereocenters. The van der Waals surface area contributed by atoms with Crippen LogP contribution in [0.15, 0.2) is 29.2 Å². The highest BCUT2D eigenvalue weighted by Gasteiger charge is 2.42. The molecule has 2 rings (SSSR count). The number of hydrogen-bond donors (Lipinski definition) is 2. The smallest absolute Gasteiger partial charge is 0.231 e. The normalized spacial score (nSPS) is 17.3. The van der Waals surface area contributed by atoms with Crippen molar-refractivity contribution in [1.29, 1.82) is 5.26 Å². The summed E-state index contributed by atoms with van der Waals surface area (Å²) >= 11 is 1.34. The van der Waals surface area contributed by atoms with E-state index >= 15 is 0 Å². The highest BCUT2D eigenvalue weighted by molar-refractivity contribution is 8.00. The maximum atomic E-state index is 11.9. The zero-order valence-electron chi connectivity index (χ0n) is 10.7. The van der Waals surface area contributed by atoms with Gasteiger partial charge < -0.3 is 10.4 Å². The number of nitrogens with zero attached hydrogens (tertiary/aromatic N) is 1. The van der Waals surface area contributed by atoms with Gasteiger partial charge in [-0.05, 0) is 43.9 Å². The predicted molar refractivity (Wildman–Crippen MR) is 73.7 cm³/mol. The van der Waals surface area contributed by atoms with Crippen molar-refractivity contribution in [2.75, 3.05) is 5.75 Å². The maximum Gasteiger partial charge on any atom is 0.231 e. The van der Waals surface area contributed by atoms with Crippen LogP contribution in [0.25, 0.3) is 0 Å². The highest BCUT2D eigenvalue weighted by Crippen LogP contribution is 2.39. The quantitative estimate of drug-likeness (QED) is 0.809. The van der Waals surface area contributed by atoms with E-state index in [-0.39, 0.29) is 23.3 Å². The lowest BCUT2D eigenvalue weighted by Gasteiger charge is -2.22. The number of thioether (sulfide) groups is 1. The number of carbonyl (C=O) groups excluding carboxylic acids is 1. The molecule has 0 radical (unpaired) electrons. The molecule has 5 heteroatoms. The first kappa shape index (κ1) is 13.8. The lowest BCUT2D eigenvalue weighted by Crippen LogP contribution is -2.47. The summed E-state index contributed by atoms with van der Waals surface area (Å²) in [5.41, 5.74) is -0.740. The molecule has 1 saturated carbocycles. The van der Waals surface area contributed by atoms with E-state index in [4.69, 9.17) is 5.26 Å². The van der Waals surface area contributed by atoms with Crippen LogP contribution in [0, 0.1) is 17.2 Å². The van der Waals surface area contributed by atoms with Gasteiger partial charge in [-0.3, -0.25) is 4.79 Å². The van der Waals surface area contributed by atoms with E-state index in [9.17, 15) is 9.90 Å². The van der Waals surface area contributed by atoms with Gasteiger partial charge in [0.15, 0.2) is 0 Å². The molecule has 1 unspecified atom stereocenters. The molecule has 1 aromatic rings. The van der Waals surface area contributed by atoms with Gasteiger partial charge in [0, 0.05) is 4.90 Å². The molecule has 0 spiro atoms. The summed E-state index contributed by atoms with van der Waals surface area (Å²) in [5, 5.41) is 21.3. The molecule has 1 amide bonds. The first-order valence-corrected chi connectivity index (χ1v) is 7.16. The topological polar surface area (TPSA) is 73.1 Å². The van der Waals surface area contributed by atoms with E-state index in [1.165, 1.54) is 11.8 Å². The van der Waals surface area contributed by atoms with Crippen LogP contribution in [0.2, 0.25) is 0 Å². The average molecular weight is 276 g/mol. The lowest BCUT2D eigenvalue weighted by molar-refractivity contribution is -0.119. The minimum Gasteiger partial charge on any atom is -0.508 e. The second-order valence-corrected chi connectivity index (χ2v) is 5.97. The van der Waals surface area contributed by atoms with Crippen molar-refractivity contribution < 1.29 is 9.90 Å². The van der Waals surface area contributed by atoms with E-state index in [0.29, 0.717) is 0 Å². The van der Waals surface area contributed by atoms with Gasteiger partial charge in [0.25, 0.3) is 0 Å². The molecule has 0 aliphatic heterocycles. The zero-order valence-corrected chi connectivity index (χ0v) is 11.5. The van der Waals surface area contributed by atoms with E-state index in [1.54, 1.807) is 25.1 Å². The third kappa shape index (κ3) is 3.65. The Balaban J connectivity index is 1.86. The van der Waals surface area contributed by atoms with Crippen molar-refractivity contribution in [3.63, 3.8) is 0 Å². The Bertz CT molecular complexity index is 522. The highest BCUT2D eigenvalue weighted by atomic mass is 32.2. The molecule has 4 nitrogen and oxygen atoms in total. The third-order valence-electron chi connectivity index (χ3n) is 3.21. The molecule has 0 saturated heterocycles. The second-order valence-electron chi connectivity index (χ2n) is 4.92. The van der Waals surface area contributed by atoms with Gasteiger partial charge in [0.1, 0.15) is 11.3 Å². The molecule has 0 bridgehead atoms. The van der Waals surface area contributed by atoms with Crippen molar-refractivity contribution in [2.24, 2.45) is 5.92 Å². The first-order valence-electron chi connectivity index (χ1n) is 6.17. The van der Waals surface area contributed by atoms with E-state index in [1.807, 2.05) is 6.07 Å². The van der Waals surface area contributed by atoms with Gasteiger partial charge in [-0.1, -0.05) is 6.07 Å². The van der Waals surface area contributed by atoms with Crippen molar-refractivity contribution in [3.8, 4) is 11.8 Å². The summed E-state index contributed by atoms with van der Waals surface area (Å²) in [5.74, 6) is 0.565. The lowest BCUT2D eigenvalue weighted by atomic mass is 9.98. The van der Waals surface area contributed by atoms with Gasteiger partial charge in [0.2, 0.25) is 5.91 Å². The van der Waals surface area contributed by atoms with Crippen LogP contribution in [-0.2, 0) is 4.79 Å². The molecule has 1 aliphatic rings. The first-order chi connectivity index (χ1) is 9.03. The molecule has 0 heterocycles. The fraction of sp³-hybridized carbons (Fsp3) is 0.429. The summed E-state index contributed by atoms with van der Waals surface area (Å²) in [6.07, 6.45) is 2.01. The maximum absolute atomic E-state index is 11.9. The van der Waals surface area contributed by atoms with Gasteiger partial charge in [-0.15, -0.1) is 11.8 Å². The number of phenolic OH excluding ortho intramolecular Hbond substituents is 1. The summed E-state index contributed by atoms with van der Waals surface area (Å²) in [6.45, 7) is 1.78. The molecule has 19 heavy (non-hydrogen) atoms. The third-order valence-corrected chi connectivity index (χ3v) is 4.21. The Labute approximate surface area is 116 Å². The number of hydrogen-bond acceptors (Lipinski definition) is 4. The summed E-state index contributed by atoms with van der Waals surface area (Å²) in [6, 6.07) is 8.97. The van der Waals surface area contributed by atoms with Crippen molar-refractivity contribution >= 4 is 17.7 Å². The largest absolute Gasteiger partial charge is 0.508 e. The SMILES string of the molecule is CC(C#N)(NC(=O)CSc1cccc(O)c1)C1CC1. The van der Waals surface area contributed by atoms with Crippen LogP contribution < -0.4 is 5.32 Å². The molecule has 1 aromatic carbocycles. The number of aromatic hydroxyl groups is 1. The minimum absolute atomic E-state index is 0.149. The van der Waals surface area contributed by atoms with E-state index < -0.39 is 5.54 Å². The molecule has 100 valence electrons. The standard InChI is InChI=1S/C14H16N2O2S/c1-14(9-15,10-5-6-10)16-13(18)8-19-12-4-2-3-11(17)7-12/h2-4,7,10,17H,5-6,8H2,1H3,(H,16,18). The Hall–Kier alpha value is -1.67. The van der Waals surface area contributed by atoms with Crippen LogP contribution in [0.5, 0.6) is 5.75 Å². The zero-order chi connectivity index (χ0) is 13.9. The fourth-order valence-electron chi connectivity index (χ4n) is 1.93. The Morgan fingerprint density at radius 2 is 2.37 bits per heavy atom. The number of rotatable bonds is 5. The monoisotopic (exact) mass is 276 g/mol. The molecular weight excluding hydrogens is 260 g/mol. The molecular formula is C14H16N2O2S. The molecule has 1 aliphatic carbocycles. The van der Waals surface area contributed by atoms with Crippen LogP contribution in [0.3, 0.4) is 0 Å². The van der Waals surface area contributed by atoms with Crippen LogP contribution in [0.4, 0.5) is 0 Å². The second kappa shape index (κ2) is 5.54. The number of carbonyl (C=O) groups is 1. The Kier molecular flexibility index (Phi) is 4.01. The van der Waals surface area contributed by atoms with Gasteiger partial charge >= 0.3 is 0 Å².